The van der Waals surface area contributed by atoms with Crippen LogP contribution in [0.5, 0.6) is 0 Å². The number of nitrogens with two attached hydrogens (primary N) is 1. The van der Waals surface area contributed by atoms with E-state index in [0.29, 0.717) is 23.4 Å². The van der Waals surface area contributed by atoms with Gasteiger partial charge in [-0.3, -0.25) is 4.79 Å². The Morgan fingerprint density at radius 3 is 2.00 bits per heavy atom. The van der Waals surface area contributed by atoms with Gasteiger partial charge in [0, 0.05) is 0 Å². The molecule has 4 aliphatic carbocycles. The Labute approximate surface area is 124 Å². The minimum atomic E-state index is -0.311. The first-order valence-corrected chi connectivity index (χ1v) is 7.90. The molecule has 112 valence electrons. The van der Waals surface area contributed by atoms with Crippen LogP contribution in [-0.4, -0.2) is 5.91 Å². The average molecular weight is 288 g/mol. The van der Waals surface area contributed by atoms with Crippen molar-refractivity contribution in [2.24, 2.45) is 29.0 Å². The largest absolute Gasteiger partial charge is 0.272 e. The molecule has 0 aliphatic heterocycles. The van der Waals surface area contributed by atoms with E-state index in [1.54, 1.807) is 12.1 Å². The van der Waals surface area contributed by atoms with Crippen LogP contribution < -0.4 is 10.9 Å². The maximum Gasteiger partial charge on any atom is 0.247 e. The molecule has 1 aromatic rings. The van der Waals surface area contributed by atoms with E-state index in [-0.39, 0.29) is 17.1 Å². The lowest BCUT2D eigenvalue weighted by Crippen LogP contribution is -2.56. The molecule has 4 aliphatic rings. The summed E-state index contributed by atoms with van der Waals surface area (Å²) < 4.78 is 13.0. The molecule has 0 aromatic heterocycles. The lowest BCUT2D eigenvalue weighted by atomic mass is 9.49. The van der Waals surface area contributed by atoms with Crippen LogP contribution in [0.4, 0.5) is 10.1 Å². The molecule has 0 atom stereocenters. The van der Waals surface area contributed by atoms with Crippen molar-refractivity contribution in [2.75, 3.05) is 5.01 Å². The van der Waals surface area contributed by atoms with Gasteiger partial charge in [-0.1, -0.05) is 0 Å². The van der Waals surface area contributed by atoms with Crippen LogP contribution in [-0.2, 0) is 4.79 Å². The maximum absolute atomic E-state index is 13.0. The fourth-order valence-corrected chi connectivity index (χ4v) is 5.35. The van der Waals surface area contributed by atoms with E-state index in [2.05, 4.69) is 0 Å². The number of rotatable bonds is 2. The van der Waals surface area contributed by atoms with Gasteiger partial charge in [-0.25, -0.2) is 15.2 Å². The molecule has 4 fully saturated rings. The van der Waals surface area contributed by atoms with E-state index in [1.165, 1.54) is 36.4 Å². The third-order valence-electron chi connectivity index (χ3n) is 5.82. The van der Waals surface area contributed by atoms with Crippen LogP contribution >= 0.6 is 0 Å². The second kappa shape index (κ2) is 4.54. The smallest absolute Gasteiger partial charge is 0.247 e. The standard InChI is InChI=1S/C17H21FN2O/c18-14-1-3-15(4-2-14)20(19)16(21)17-8-11-5-12(9-17)7-13(6-11)10-17/h1-4,11-13H,5-10,19H2. The summed E-state index contributed by atoms with van der Waals surface area (Å²) in [7, 11) is 0. The molecule has 3 nitrogen and oxygen atoms in total. The van der Waals surface area contributed by atoms with Crippen molar-refractivity contribution in [1.29, 1.82) is 0 Å². The van der Waals surface area contributed by atoms with E-state index in [4.69, 9.17) is 5.84 Å². The lowest BCUT2D eigenvalue weighted by Gasteiger charge is -2.56. The van der Waals surface area contributed by atoms with Crippen LogP contribution in [0.1, 0.15) is 38.5 Å². The van der Waals surface area contributed by atoms with Crippen molar-refractivity contribution in [2.45, 2.75) is 38.5 Å². The van der Waals surface area contributed by atoms with Gasteiger partial charge in [-0.05, 0) is 80.5 Å². The predicted octanol–water partition coefficient (Wildman–Crippen LogP) is 3.25. The van der Waals surface area contributed by atoms with E-state index in [0.717, 1.165) is 19.3 Å². The zero-order chi connectivity index (χ0) is 14.6. The third-order valence-corrected chi connectivity index (χ3v) is 5.82. The van der Waals surface area contributed by atoms with Gasteiger partial charge in [0.25, 0.3) is 0 Å². The molecule has 4 saturated carbocycles. The van der Waals surface area contributed by atoms with Crippen molar-refractivity contribution in [3.05, 3.63) is 30.1 Å². The molecule has 1 amide bonds. The number of hydrogen-bond donors (Lipinski definition) is 1. The van der Waals surface area contributed by atoms with Crippen LogP contribution in [0.15, 0.2) is 24.3 Å². The van der Waals surface area contributed by atoms with Gasteiger partial charge in [-0.15, -0.1) is 0 Å². The van der Waals surface area contributed by atoms with E-state index in [9.17, 15) is 9.18 Å². The van der Waals surface area contributed by atoms with Crippen LogP contribution in [0.3, 0.4) is 0 Å². The summed E-state index contributed by atoms with van der Waals surface area (Å²) in [6.07, 6.45) is 6.88. The van der Waals surface area contributed by atoms with Crippen molar-refractivity contribution in [3.63, 3.8) is 0 Å². The molecule has 0 heterocycles. The summed E-state index contributed by atoms with van der Waals surface area (Å²) in [5.74, 6) is 7.93. The van der Waals surface area contributed by atoms with Gasteiger partial charge in [-0.2, -0.15) is 0 Å². The Balaban J connectivity index is 1.60. The number of carbonyl (C=O) groups excluding carboxylic acids is 1. The Hall–Kier alpha value is -1.42. The number of hydrazine groups is 1. The van der Waals surface area contributed by atoms with Gasteiger partial charge in [0.15, 0.2) is 0 Å². The number of anilines is 1. The minimum absolute atomic E-state index is 0.0354. The predicted molar refractivity (Wildman–Crippen MR) is 78.7 cm³/mol. The first-order chi connectivity index (χ1) is 10.1. The van der Waals surface area contributed by atoms with E-state index in [1.807, 2.05) is 0 Å². The molecular formula is C17H21FN2O. The topological polar surface area (TPSA) is 46.3 Å². The van der Waals surface area contributed by atoms with Crippen molar-refractivity contribution >= 4 is 11.6 Å². The number of nitrogens with zero attached hydrogens (tertiary/aromatic N) is 1. The summed E-state index contributed by atoms with van der Waals surface area (Å²) in [5.41, 5.74) is 0.329. The van der Waals surface area contributed by atoms with Gasteiger partial charge >= 0.3 is 0 Å². The minimum Gasteiger partial charge on any atom is -0.272 e. The third kappa shape index (κ3) is 2.08. The number of amides is 1. The fourth-order valence-electron chi connectivity index (χ4n) is 5.35. The van der Waals surface area contributed by atoms with Gasteiger partial charge < -0.3 is 0 Å². The summed E-state index contributed by atoms with van der Waals surface area (Å²) in [5, 5.41) is 1.26. The summed E-state index contributed by atoms with van der Waals surface area (Å²) in [4.78, 5) is 13.0. The molecule has 0 spiro atoms. The van der Waals surface area contributed by atoms with Crippen LogP contribution in [0.25, 0.3) is 0 Å². The van der Waals surface area contributed by atoms with Gasteiger partial charge in [0.05, 0.1) is 11.1 Å². The highest BCUT2D eigenvalue weighted by atomic mass is 19.1. The Morgan fingerprint density at radius 1 is 1.05 bits per heavy atom. The summed E-state index contributed by atoms with van der Waals surface area (Å²) in [6, 6.07) is 5.85. The zero-order valence-corrected chi connectivity index (χ0v) is 12.1. The van der Waals surface area contributed by atoms with E-state index >= 15 is 0 Å². The first kappa shape index (κ1) is 13.3. The lowest BCUT2D eigenvalue weighted by molar-refractivity contribution is -0.143. The molecule has 0 radical (unpaired) electrons. The first-order valence-electron chi connectivity index (χ1n) is 7.90. The Morgan fingerprint density at radius 2 is 1.52 bits per heavy atom. The second-order valence-corrected chi connectivity index (χ2v) is 7.35. The van der Waals surface area contributed by atoms with Crippen LogP contribution in [0.2, 0.25) is 0 Å². The SMILES string of the molecule is NN(C(=O)C12CC3CC(CC(C3)C1)C2)c1ccc(F)cc1. The highest BCUT2D eigenvalue weighted by molar-refractivity contribution is 5.96. The number of benzene rings is 1. The van der Waals surface area contributed by atoms with Gasteiger partial charge in [0.1, 0.15) is 5.82 Å². The normalized spacial score (nSPS) is 36.8. The summed E-state index contributed by atoms with van der Waals surface area (Å²) >= 11 is 0. The molecule has 21 heavy (non-hydrogen) atoms. The van der Waals surface area contributed by atoms with Crippen LogP contribution in [0, 0.1) is 29.0 Å². The second-order valence-electron chi connectivity index (χ2n) is 7.35. The highest BCUT2D eigenvalue weighted by Gasteiger charge is 2.55. The maximum atomic E-state index is 13.0. The molecule has 4 heteroatoms. The molecular weight excluding hydrogens is 267 g/mol. The van der Waals surface area contributed by atoms with Crippen molar-refractivity contribution in [3.8, 4) is 0 Å². The number of halogens is 1. The molecule has 5 rings (SSSR count). The number of carbonyl (C=O) groups is 1. The zero-order valence-electron chi connectivity index (χ0n) is 12.1. The Kier molecular flexibility index (Phi) is 2.86. The van der Waals surface area contributed by atoms with Crippen molar-refractivity contribution < 1.29 is 9.18 Å². The molecule has 2 N–H and O–H groups in total. The number of hydrogen-bond acceptors (Lipinski definition) is 2. The molecule has 4 bridgehead atoms. The molecule has 0 unspecified atom stereocenters. The summed E-state index contributed by atoms with van der Waals surface area (Å²) in [6.45, 7) is 0. The monoisotopic (exact) mass is 288 g/mol. The Bertz CT molecular complexity index is 533. The average Bonchev–Trinajstić information content (AvgIpc) is 2.45. The molecule has 1 aromatic carbocycles. The quantitative estimate of drug-likeness (QED) is 0.516. The molecule has 0 saturated heterocycles. The van der Waals surface area contributed by atoms with Crippen molar-refractivity contribution in [1.82, 2.24) is 0 Å². The fraction of sp³-hybridized carbons (Fsp3) is 0.588. The van der Waals surface area contributed by atoms with Gasteiger partial charge in [0.2, 0.25) is 5.91 Å². The highest BCUT2D eigenvalue weighted by Crippen LogP contribution is 2.60. The van der Waals surface area contributed by atoms with E-state index < -0.39 is 0 Å².